The Kier molecular flexibility index (Phi) is 5.04. The number of halogens is 1. The number of ether oxygens (including phenoxy) is 1. The minimum Gasteiger partial charge on any atom is -0.494 e. The van der Waals surface area contributed by atoms with Crippen LogP contribution < -0.4 is 4.74 Å². The van der Waals surface area contributed by atoms with Gasteiger partial charge in [0.15, 0.2) is 0 Å². The van der Waals surface area contributed by atoms with Crippen LogP contribution in [0.2, 0.25) is 4.34 Å². The molecule has 5 heteroatoms. The third-order valence-electron chi connectivity index (χ3n) is 2.93. The standard InChI is InChI=1S/C15H15ClO3S/c1-2-19-12-6-4-3-5-10(12)9-11(15(17)18)13-7-8-14(16)20-13/h3-8,11H,2,9H2,1H3,(H,17,18). The first kappa shape index (κ1) is 14.9. The molecule has 20 heavy (non-hydrogen) atoms. The highest BCUT2D eigenvalue weighted by molar-refractivity contribution is 7.16. The molecule has 0 aliphatic rings. The van der Waals surface area contributed by atoms with Crippen molar-refractivity contribution in [2.24, 2.45) is 0 Å². The maximum Gasteiger partial charge on any atom is 0.312 e. The fourth-order valence-electron chi connectivity index (χ4n) is 2.01. The van der Waals surface area contributed by atoms with Crippen LogP contribution in [0.25, 0.3) is 0 Å². The van der Waals surface area contributed by atoms with Gasteiger partial charge >= 0.3 is 5.97 Å². The Balaban J connectivity index is 2.27. The number of hydrogen-bond acceptors (Lipinski definition) is 3. The van der Waals surface area contributed by atoms with Crippen molar-refractivity contribution in [3.63, 3.8) is 0 Å². The van der Waals surface area contributed by atoms with E-state index in [4.69, 9.17) is 16.3 Å². The second-order valence-corrected chi connectivity index (χ2v) is 6.02. The molecule has 2 aromatic rings. The van der Waals surface area contributed by atoms with E-state index >= 15 is 0 Å². The number of rotatable bonds is 6. The summed E-state index contributed by atoms with van der Waals surface area (Å²) in [6.07, 6.45) is 0.391. The van der Waals surface area contributed by atoms with Crippen molar-refractivity contribution in [1.29, 1.82) is 0 Å². The van der Waals surface area contributed by atoms with Crippen LogP contribution in [0.5, 0.6) is 5.75 Å². The highest BCUT2D eigenvalue weighted by atomic mass is 35.5. The summed E-state index contributed by atoms with van der Waals surface area (Å²) in [7, 11) is 0. The maximum atomic E-state index is 11.5. The first-order valence-corrected chi connectivity index (χ1v) is 7.50. The van der Waals surface area contributed by atoms with Gasteiger partial charge in [-0.05, 0) is 37.1 Å². The van der Waals surface area contributed by atoms with Crippen LogP contribution in [0.4, 0.5) is 0 Å². The van der Waals surface area contributed by atoms with E-state index in [-0.39, 0.29) is 0 Å². The first-order chi connectivity index (χ1) is 9.61. The van der Waals surface area contributed by atoms with E-state index in [1.54, 1.807) is 12.1 Å². The van der Waals surface area contributed by atoms with Gasteiger partial charge in [-0.2, -0.15) is 0 Å². The Hall–Kier alpha value is -1.52. The fraction of sp³-hybridized carbons (Fsp3) is 0.267. The molecule has 0 aliphatic carbocycles. The number of carboxylic acids is 1. The van der Waals surface area contributed by atoms with Gasteiger partial charge in [0.1, 0.15) is 5.75 Å². The average Bonchev–Trinajstić information content (AvgIpc) is 2.84. The molecule has 0 fully saturated rings. The molecule has 0 spiro atoms. The smallest absolute Gasteiger partial charge is 0.312 e. The van der Waals surface area contributed by atoms with Gasteiger partial charge in [0.2, 0.25) is 0 Å². The lowest BCUT2D eigenvalue weighted by molar-refractivity contribution is -0.138. The zero-order valence-corrected chi connectivity index (χ0v) is 12.6. The molecule has 1 heterocycles. The second kappa shape index (κ2) is 6.77. The van der Waals surface area contributed by atoms with Crippen molar-refractivity contribution < 1.29 is 14.6 Å². The van der Waals surface area contributed by atoms with Gasteiger partial charge in [0, 0.05) is 4.88 Å². The van der Waals surface area contributed by atoms with Crippen molar-refractivity contribution in [3.05, 3.63) is 51.2 Å². The van der Waals surface area contributed by atoms with Crippen LogP contribution in [0.1, 0.15) is 23.3 Å². The van der Waals surface area contributed by atoms with Crippen LogP contribution in [0.3, 0.4) is 0 Å². The molecule has 0 saturated heterocycles. The molecule has 1 aromatic heterocycles. The van der Waals surface area contributed by atoms with E-state index in [1.807, 2.05) is 31.2 Å². The van der Waals surface area contributed by atoms with Crippen LogP contribution >= 0.6 is 22.9 Å². The molecule has 2 rings (SSSR count). The largest absolute Gasteiger partial charge is 0.494 e. The van der Waals surface area contributed by atoms with E-state index in [0.29, 0.717) is 17.4 Å². The highest BCUT2D eigenvalue weighted by Crippen LogP contribution is 2.32. The van der Waals surface area contributed by atoms with E-state index in [1.165, 1.54) is 11.3 Å². The zero-order chi connectivity index (χ0) is 14.5. The van der Waals surface area contributed by atoms with Gasteiger partial charge in [0.25, 0.3) is 0 Å². The lowest BCUT2D eigenvalue weighted by Gasteiger charge is -2.14. The van der Waals surface area contributed by atoms with Gasteiger partial charge in [-0.3, -0.25) is 4.79 Å². The van der Waals surface area contributed by atoms with E-state index in [9.17, 15) is 9.90 Å². The summed E-state index contributed by atoms with van der Waals surface area (Å²) in [6, 6.07) is 11.0. The summed E-state index contributed by atoms with van der Waals surface area (Å²) in [5.41, 5.74) is 0.895. The van der Waals surface area contributed by atoms with Gasteiger partial charge in [-0.1, -0.05) is 29.8 Å². The molecule has 0 amide bonds. The van der Waals surface area contributed by atoms with Crippen LogP contribution in [-0.2, 0) is 11.2 Å². The number of benzene rings is 1. The minimum absolute atomic E-state index is 0.391. The maximum absolute atomic E-state index is 11.5. The van der Waals surface area contributed by atoms with Crippen molar-refractivity contribution in [1.82, 2.24) is 0 Å². The molecule has 0 bridgehead atoms. The number of carbonyl (C=O) groups is 1. The molecule has 0 aliphatic heterocycles. The average molecular weight is 311 g/mol. The fourth-order valence-corrected chi connectivity index (χ4v) is 3.17. The van der Waals surface area contributed by atoms with Crippen molar-refractivity contribution in [2.45, 2.75) is 19.3 Å². The zero-order valence-electron chi connectivity index (χ0n) is 11.0. The van der Waals surface area contributed by atoms with Crippen molar-refractivity contribution in [3.8, 4) is 5.75 Å². The third kappa shape index (κ3) is 3.52. The molecule has 1 aromatic carbocycles. The number of thiophene rings is 1. The van der Waals surface area contributed by atoms with Gasteiger partial charge < -0.3 is 9.84 Å². The van der Waals surface area contributed by atoms with Gasteiger partial charge in [0.05, 0.1) is 16.9 Å². The third-order valence-corrected chi connectivity index (χ3v) is 4.28. The quantitative estimate of drug-likeness (QED) is 0.869. The molecule has 1 atom stereocenters. The highest BCUT2D eigenvalue weighted by Gasteiger charge is 2.23. The topological polar surface area (TPSA) is 46.5 Å². The molecule has 106 valence electrons. The lowest BCUT2D eigenvalue weighted by Crippen LogP contribution is -2.13. The monoisotopic (exact) mass is 310 g/mol. The summed E-state index contributed by atoms with van der Waals surface area (Å²) in [5.74, 6) is -0.715. The van der Waals surface area contributed by atoms with Crippen molar-refractivity contribution in [2.75, 3.05) is 6.61 Å². The summed E-state index contributed by atoms with van der Waals surface area (Å²) in [4.78, 5) is 12.3. The number of para-hydroxylation sites is 1. The number of hydrogen-bond donors (Lipinski definition) is 1. The summed E-state index contributed by atoms with van der Waals surface area (Å²) in [6.45, 7) is 2.46. The Labute approximate surface area is 126 Å². The SMILES string of the molecule is CCOc1ccccc1CC(C(=O)O)c1ccc(Cl)s1. The minimum atomic E-state index is -0.852. The second-order valence-electron chi connectivity index (χ2n) is 4.28. The Bertz CT molecular complexity index is 594. The molecule has 1 N–H and O–H groups in total. The van der Waals surface area contributed by atoms with Crippen molar-refractivity contribution >= 4 is 28.9 Å². The van der Waals surface area contributed by atoms with E-state index in [2.05, 4.69) is 0 Å². The summed E-state index contributed by atoms with van der Waals surface area (Å²) >= 11 is 7.20. The first-order valence-electron chi connectivity index (χ1n) is 6.30. The van der Waals surface area contributed by atoms with Crippen LogP contribution in [-0.4, -0.2) is 17.7 Å². The lowest BCUT2D eigenvalue weighted by atomic mass is 9.97. The van der Waals surface area contributed by atoms with E-state index < -0.39 is 11.9 Å². The molecule has 3 nitrogen and oxygen atoms in total. The number of aliphatic carboxylic acids is 1. The Morgan fingerprint density at radius 1 is 1.35 bits per heavy atom. The predicted octanol–water partition coefficient (Wildman–Crippen LogP) is 4.21. The van der Waals surface area contributed by atoms with E-state index in [0.717, 1.165) is 16.2 Å². The van der Waals surface area contributed by atoms with Crippen LogP contribution in [0.15, 0.2) is 36.4 Å². The molecule has 1 unspecified atom stereocenters. The van der Waals surface area contributed by atoms with Gasteiger partial charge in [-0.15, -0.1) is 11.3 Å². The van der Waals surface area contributed by atoms with Gasteiger partial charge in [-0.25, -0.2) is 0 Å². The molecule has 0 radical (unpaired) electrons. The summed E-state index contributed by atoms with van der Waals surface area (Å²) in [5, 5.41) is 9.44. The summed E-state index contributed by atoms with van der Waals surface area (Å²) < 4.78 is 6.14. The molecule has 0 saturated carbocycles. The van der Waals surface area contributed by atoms with Crippen LogP contribution in [0, 0.1) is 0 Å². The normalized spacial score (nSPS) is 12.1. The predicted molar refractivity (Wildman–Crippen MR) is 81.0 cm³/mol. The Morgan fingerprint density at radius 2 is 2.10 bits per heavy atom. The Morgan fingerprint density at radius 3 is 2.70 bits per heavy atom. The molecular formula is C15H15ClO3S. The number of carboxylic acid groups (broad SMARTS) is 1. The molecular weight excluding hydrogens is 296 g/mol.